The first-order valence-corrected chi connectivity index (χ1v) is 8.29. The fourth-order valence-electron chi connectivity index (χ4n) is 2.84. The van der Waals surface area contributed by atoms with Crippen molar-refractivity contribution in [1.82, 2.24) is 4.90 Å². The van der Waals surface area contributed by atoms with Gasteiger partial charge in [-0.1, -0.05) is 53.5 Å². The van der Waals surface area contributed by atoms with Gasteiger partial charge in [0.05, 0.1) is 28.2 Å². The van der Waals surface area contributed by atoms with Crippen molar-refractivity contribution in [1.29, 1.82) is 0 Å². The van der Waals surface area contributed by atoms with Crippen LogP contribution in [0, 0.1) is 0 Å². The minimum atomic E-state index is -0.479. The molecule has 2 aromatic rings. The maximum Gasteiger partial charge on any atom is 0.251 e. The lowest BCUT2D eigenvalue weighted by Gasteiger charge is -2.23. The average Bonchev–Trinajstić information content (AvgIpc) is 2.86. The highest BCUT2D eigenvalue weighted by atomic mass is 35.5. The molecule has 124 valence electrons. The predicted octanol–water partition coefficient (Wildman–Crippen LogP) is 3.76. The van der Waals surface area contributed by atoms with E-state index >= 15 is 0 Å². The molecule has 2 aromatic carbocycles. The number of halogens is 2. The molecular weight excluding hydrogens is 347 g/mol. The third-order valence-electron chi connectivity index (χ3n) is 4.09. The summed E-state index contributed by atoms with van der Waals surface area (Å²) < 4.78 is 0. The van der Waals surface area contributed by atoms with Crippen LogP contribution in [0.25, 0.3) is 0 Å². The molecule has 6 heteroatoms. The predicted molar refractivity (Wildman–Crippen MR) is 95.3 cm³/mol. The second-order valence-electron chi connectivity index (χ2n) is 5.79. The van der Waals surface area contributed by atoms with Crippen LogP contribution in [0.4, 0.5) is 5.69 Å². The molecule has 0 bridgehead atoms. The Morgan fingerprint density at radius 2 is 1.79 bits per heavy atom. The fourth-order valence-corrected chi connectivity index (χ4v) is 3.13. The molecule has 0 unspecified atom stereocenters. The molecule has 1 atom stereocenters. The summed E-state index contributed by atoms with van der Waals surface area (Å²) in [7, 11) is 1.85. The zero-order chi connectivity index (χ0) is 17.3. The van der Waals surface area contributed by atoms with Crippen LogP contribution in [-0.4, -0.2) is 29.8 Å². The van der Waals surface area contributed by atoms with Gasteiger partial charge in [0.1, 0.15) is 0 Å². The van der Waals surface area contributed by atoms with Crippen LogP contribution in [0.1, 0.15) is 12.0 Å². The number of anilines is 1. The van der Waals surface area contributed by atoms with Gasteiger partial charge in [-0.15, -0.1) is 0 Å². The molecule has 1 fully saturated rings. The summed E-state index contributed by atoms with van der Waals surface area (Å²) in [6, 6.07) is 14.1. The number of carbonyl (C=O) groups excluding carboxylic acids is 2. The van der Waals surface area contributed by atoms with Crippen molar-refractivity contribution in [3.05, 3.63) is 64.1 Å². The summed E-state index contributed by atoms with van der Waals surface area (Å²) in [5.41, 5.74) is 1.54. The zero-order valence-electron chi connectivity index (χ0n) is 13.1. The minimum Gasteiger partial charge on any atom is -0.290 e. The summed E-state index contributed by atoms with van der Waals surface area (Å²) in [6.45, 7) is 0.597. The van der Waals surface area contributed by atoms with Gasteiger partial charge >= 0.3 is 0 Å². The standard InChI is InChI=1S/C18H16Cl2N2O2/c1-21(11-12-5-3-2-4-6-12)16-10-17(23)22(18(16)24)13-7-8-14(19)15(20)9-13/h2-9,16H,10-11H2,1H3/t16-/m1/s1. The van der Waals surface area contributed by atoms with Crippen LogP contribution < -0.4 is 4.90 Å². The van der Waals surface area contributed by atoms with Crippen LogP contribution in [-0.2, 0) is 16.1 Å². The second kappa shape index (κ2) is 6.93. The van der Waals surface area contributed by atoms with Crippen molar-refractivity contribution in [3.63, 3.8) is 0 Å². The van der Waals surface area contributed by atoms with E-state index in [1.165, 1.54) is 4.90 Å². The van der Waals surface area contributed by atoms with Crippen molar-refractivity contribution >= 4 is 40.7 Å². The van der Waals surface area contributed by atoms with E-state index in [1.54, 1.807) is 18.2 Å². The summed E-state index contributed by atoms with van der Waals surface area (Å²) in [5.74, 6) is -0.472. The van der Waals surface area contributed by atoms with Gasteiger partial charge in [0.15, 0.2) is 0 Å². The van der Waals surface area contributed by atoms with Crippen molar-refractivity contribution in [3.8, 4) is 0 Å². The van der Waals surface area contributed by atoms with Crippen LogP contribution in [0.2, 0.25) is 10.0 Å². The van der Waals surface area contributed by atoms with Crippen LogP contribution >= 0.6 is 23.2 Å². The number of nitrogens with zero attached hydrogens (tertiary/aromatic N) is 2. The van der Waals surface area contributed by atoms with Crippen LogP contribution in [0.3, 0.4) is 0 Å². The molecule has 1 heterocycles. The van der Waals surface area contributed by atoms with Gasteiger partial charge in [-0.25, -0.2) is 4.90 Å². The highest BCUT2D eigenvalue weighted by molar-refractivity contribution is 6.42. The first kappa shape index (κ1) is 17.0. The number of benzene rings is 2. The summed E-state index contributed by atoms with van der Waals surface area (Å²) >= 11 is 11.9. The zero-order valence-corrected chi connectivity index (χ0v) is 14.6. The van der Waals surface area contributed by atoms with E-state index in [9.17, 15) is 9.59 Å². The third-order valence-corrected chi connectivity index (χ3v) is 4.83. The fraction of sp³-hybridized carbons (Fsp3) is 0.222. The molecule has 24 heavy (non-hydrogen) atoms. The molecule has 1 aliphatic rings. The molecular formula is C18H16Cl2N2O2. The van der Waals surface area contributed by atoms with Crippen molar-refractivity contribution in [2.45, 2.75) is 19.0 Å². The molecule has 3 rings (SSSR count). The molecule has 4 nitrogen and oxygen atoms in total. The number of carbonyl (C=O) groups is 2. The molecule has 1 aliphatic heterocycles. The van der Waals surface area contributed by atoms with E-state index in [-0.39, 0.29) is 18.2 Å². The van der Waals surface area contributed by atoms with E-state index < -0.39 is 6.04 Å². The maximum atomic E-state index is 12.7. The van der Waals surface area contributed by atoms with Gasteiger partial charge in [0, 0.05) is 6.54 Å². The Balaban J connectivity index is 1.79. The van der Waals surface area contributed by atoms with Crippen molar-refractivity contribution in [2.75, 3.05) is 11.9 Å². The van der Waals surface area contributed by atoms with Crippen LogP contribution in [0.15, 0.2) is 48.5 Å². The van der Waals surface area contributed by atoms with E-state index in [2.05, 4.69) is 0 Å². The number of likely N-dealkylation sites (N-methyl/N-ethyl adjacent to an activating group) is 1. The monoisotopic (exact) mass is 362 g/mol. The lowest BCUT2D eigenvalue weighted by Crippen LogP contribution is -2.39. The normalized spacial score (nSPS) is 17.8. The molecule has 0 aromatic heterocycles. The summed E-state index contributed by atoms with van der Waals surface area (Å²) in [5, 5.41) is 0.702. The Labute approximate surface area is 150 Å². The average molecular weight is 363 g/mol. The first-order valence-electron chi connectivity index (χ1n) is 7.53. The van der Waals surface area contributed by atoms with Gasteiger partial charge < -0.3 is 0 Å². The number of rotatable bonds is 4. The molecule has 0 saturated carbocycles. The maximum absolute atomic E-state index is 12.7. The number of hydrogen-bond acceptors (Lipinski definition) is 3. The minimum absolute atomic E-state index is 0.155. The van der Waals surface area contributed by atoms with E-state index in [1.807, 2.05) is 42.3 Å². The van der Waals surface area contributed by atoms with Gasteiger partial charge in [0.2, 0.25) is 5.91 Å². The Hall–Kier alpha value is -1.88. The molecule has 1 saturated heterocycles. The van der Waals surface area contributed by atoms with Crippen LogP contribution in [0.5, 0.6) is 0 Å². The van der Waals surface area contributed by atoms with Gasteiger partial charge in [0.25, 0.3) is 5.91 Å². The number of imide groups is 1. The molecule has 0 aliphatic carbocycles. The number of hydrogen-bond donors (Lipinski definition) is 0. The summed E-state index contributed by atoms with van der Waals surface area (Å²) in [4.78, 5) is 28.2. The lowest BCUT2D eigenvalue weighted by atomic mass is 10.1. The smallest absolute Gasteiger partial charge is 0.251 e. The first-order chi connectivity index (χ1) is 11.5. The highest BCUT2D eigenvalue weighted by Crippen LogP contribution is 2.31. The van der Waals surface area contributed by atoms with Crippen molar-refractivity contribution < 1.29 is 9.59 Å². The SMILES string of the molecule is CN(Cc1ccccc1)[C@@H]1CC(=O)N(c2ccc(Cl)c(Cl)c2)C1=O. The quantitative estimate of drug-likeness (QED) is 0.777. The van der Waals surface area contributed by atoms with E-state index in [0.717, 1.165) is 5.56 Å². The highest BCUT2D eigenvalue weighted by Gasteiger charge is 2.41. The van der Waals surface area contributed by atoms with Crippen molar-refractivity contribution in [2.24, 2.45) is 0 Å². The van der Waals surface area contributed by atoms with Gasteiger partial charge in [-0.2, -0.15) is 0 Å². The molecule has 0 spiro atoms. The molecule has 2 amide bonds. The Morgan fingerprint density at radius 1 is 1.08 bits per heavy atom. The summed E-state index contributed by atoms with van der Waals surface area (Å²) in [6.07, 6.45) is 0.155. The molecule has 0 N–H and O–H groups in total. The Bertz CT molecular complexity index is 780. The van der Waals surface area contributed by atoms with Gasteiger partial charge in [-0.05, 0) is 30.8 Å². The van der Waals surface area contributed by atoms with E-state index in [0.29, 0.717) is 22.3 Å². The largest absolute Gasteiger partial charge is 0.290 e. The topological polar surface area (TPSA) is 40.6 Å². The lowest BCUT2D eigenvalue weighted by molar-refractivity contribution is -0.122. The number of amides is 2. The Morgan fingerprint density at radius 3 is 2.46 bits per heavy atom. The Kier molecular flexibility index (Phi) is 4.90. The second-order valence-corrected chi connectivity index (χ2v) is 6.60. The molecule has 0 radical (unpaired) electrons. The van der Waals surface area contributed by atoms with E-state index in [4.69, 9.17) is 23.2 Å². The third kappa shape index (κ3) is 3.31. The van der Waals surface area contributed by atoms with Gasteiger partial charge in [-0.3, -0.25) is 14.5 Å².